The second kappa shape index (κ2) is 3.93. The minimum Gasteiger partial charge on any atom is -0.459 e. The lowest BCUT2D eigenvalue weighted by atomic mass is 9.75. The number of rotatable bonds is 0. The Hall–Kier alpha value is -1.17. The van der Waals surface area contributed by atoms with E-state index < -0.39 is 41.2 Å². The van der Waals surface area contributed by atoms with Gasteiger partial charge in [0.2, 0.25) is 0 Å². The molecule has 5 heteroatoms. The molecule has 1 aliphatic heterocycles. The van der Waals surface area contributed by atoms with Crippen LogP contribution in [0.2, 0.25) is 0 Å². The van der Waals surface area contributed by atoms with Crippen molar-refractivity contribution < 1.29 is 24.9 Å². The summed E-state index contributed by atoms with van der Waals surface area (Å²) >= 11 is 0. The standard InChI is InChI=1S/C15H20O5/c1-7-4-5-15(19)8(2)6-9(16)11-12(10(7)15)20-13(17)14(11,3)18/h4,9-12,16,18-19H,2,5-6H2,1,3H3. The first-order chi connectivity index (χ1) is 9.19. The smallest absolute Gasteiger partial charge is 0.338 e. The van der Waals surface area contributed by atoms with Crippen LogP contribution in [0.25, 0.3) is 0 Å². The van der Waals surface area contributed by atoms with Gasteiger partial charge in [0.25, 0.3) is 0 Å². The number of esters is 1. The maximum Gasteiger partial charge on any atom is 0.338 e. The topological polar surface area (TPSA) is 87.0 Å². The molecule has 6 atom stereocenters. The number of carbonyl (C=O) groups excluding carboxylic acids is 1. The van der Waals surface area contributed by atoms with Gasteiger partial charge in [-0.15, -0.1) is 0 Å². The van der Waals surface area contributed by atoms with Crippen molar-refractivity contribution in [1.29, 1.82) is 0 Å². The molecule has 0 aromatic carbocycles. The summed E-state index contributed by atoms with van der Waals surface area (Å²) in [7, 11) is 0. The van der Waals surface area contributed by atoms with E-state index in [1.54, 1.807) is 0 Å². The van der Waals surface area contributed by atoms with Crippen molar-refractivity contribution >= 4 is 5.97 Å². The van der Waals surface area contributed by atoms with Crippen molar-refractivity contribution in [3.05, 3.63) is 23.8 Å². The van der Waals surface area contributed by atoms with Crippen LogP contribution in [0.4, 0.5) is 0 Å². The summed E-state index contributed by atoms with van der Waals surface area (Å²) in [4.78, 5) is 11.9. The van der Waals surface area contributed by atoms with Crippen molar-refractivity contribution in [1.82, 2.24) is 0 Å². The molecule has 5 nitrogen and oxygen atoms in total. The Labute approximate surface area is 117 Å². The SMILES string of the molecule is C=C1CC(O)C2C(OC(=O)C2(C)O)C2C(C)=CCC12O. The highest BCUT2D eigenvalue weighted by molar-refractivity contribution is 5.82. The highest BCUT2D eigenvalue weighted by Crippen LogP contribution is 2.53. The zero-order valence-corrected chi connectivity index (χ0v) is 11.7. The van der Waals surface area contributed by atoms with E-state index in [1.165, 1.54) is 6.92 Å². The van der Waals surface area contributed by atoms with Gasteiger partial charge >= 0.3 is 5.97 Å². The molecule has 0 aromatic rings. The Balaban J connectivity index is 2.12. The van der Waals surface area contributed by atoms with E-state index >= 15 is 0 Å². The summed E-state index contributed by atoms with van der Waals surface area (Å²) < 4.78 is 5.34. The maximum absolute atomic E-state index is 11.9. The normalized spacial score (nSPS) is 51.1. The Kier molecular flexibility index (Phi) is 2.71. The molecule has 0 radical (unpaired) electrons. The van der Waals surface area contributed by atoms with Crippen molar-refractivity contribution in [2.75, 3.05) is 0 Å². The lowest BCUT2D eigenvalue weighted by molar-refractivity contribution is -0.156. The number of hydrogen-bond donors (Lipinski definition) is 3. The average molecular weight is 280 g/mol. The average Bonchev–Trinajstić information content (AvgIpc) is 2.72. The molecule has 0 amide bonds. The van der Waals surface area contributed by atoms with Crippen LogP contribution in [0.3, 0.4) is 0 Å². The van der Waals surface area contributed by atoms with E-state index in [0.717, 1.165) is 5.57 Å². The van der Waals surface area contributed by atoms with Gasteiger partial charge in [-0.25, -0.2) is 4.79 Å². The van der Waals surface area contributed by atoms with Crippen LogP contribution in [-0.4, -0.2) is 44.7 Å². The van der Waals surface area contributed by atoms with Crippen LogP contribution in [0, 0.1) is 11.8 Å². The first kappa shape index (κ1) is 13.8. The van der Waals surface area contributed by atoms with Gasteiger partial charge in [0.15, 0.2) is 5.60 Å². The van der Waals surface area contributed by atoms with E-state index in [4.69, 9.17) is 4.74 Å². The molecule has 3 aliphatic rings. The van der Waals surface area contributed by atoms with Gasteiger partial charge < -0.3 is 20.1 Å². The van der Waals surface area contributed by atoms with Gasteiger partial charge in [-0.2, -0.15) is 0 Å². The zero-order valence-electron chi connectivity index (χ0n) is 11.7. The molecule has 2 fully saturated rings. The number of ether oxygens (including phenoxy) is 1. The van der Waals surface area contributed by atoms with Gasteiger partial charge in [-0.1, -0.05) is 18.2 Å². The molecule has 1 saturated heterocycles. The van der Waals surface area contributed by atoms with Gasteiger partial charge in [0, 0.05) is 0 Å². The van der Waals surface area contributed by atoms with Gasteiger partial charge in [-0.3, -0.25) is 0 Å². The van der Waals surface area contributed by atoms with Crippen LogP contribution in [0.5, 0.6) is 0 Å². The van der Waals surface area contributed by atoms with E-state index in [9.17, 15) is 20.1 Å². The predicted octanol–water partition coefficient (Wildman–Crippen LogP) is 0.297. The van der Waals surface area contributed by atoms with Crippen LogP contribution >= 0.6 is 0 Å². The summed E-state index contributed by atoms with van der Waals surface area (Å²) in [6.45, 7) is 7.13. The van der Waals surface area contributed by atoms with Crippen molar-refractivity contribution in [3.8, 4) is 0 Å². The molecule has 20 heavy (non-hydrogen) atoms. The molecule has 3 rings (SSSR count). The highest BCUT2D eigenvalue weighted by Gasteiger charge is 2.64. The van der Waals surface area contributed by atoms with Crippen LogP contribution in [-0.2, 0) is 9.53 Å². The molecule has 6 unspecified atom stereocenters. The highest BCUT2D eigenvalue weighted by atomic mass is 16.6. The Morgan fingerprint density at radius 2 is 2.10 bits per heavy atom. The molecule has 0 spiro atoms. The van der Waals surface area contributed by atoms with Gasteiger partial charge in [0.05, 0.1) is 23.5 Å². The second-order valence-corrected chi connectivity index (χ2v) is 6.47. The summed E-state index contributed by atoms with van der Waals surface area (Å²) in [5.74, 6) is -1.94. The number of aliphatic hydroxyl groups excluding tert-OH is 1. The number of aliphatic hydroxyl groups is 3. The zero-order chi connectivity index (χ0) is 14.9. The van der Waals surface area contributed by atoms with E-state index in [1.807, 2.05) is 13.0 Å². The summed E-state index contributed by atoms with van der Waals surface area (Å²) in [6, 6.07) is 0. The van der Waals surface area contributed by atoms with Crippen molar-refractivity contribution in [3.63, 3.8) is 0 Å². The van der Waals surface area contributed by atoms with Crippen molar-refractivity contribution in [2.45, 2.75) is 50.1 Å². The van der Waals surface area contributed by atoms with E-state index in [0.29, 0.717) is 12.0 Å². The summed E-state index contributed by atoms with van der Waals surface area (Å²) in [5, 5.41) is 31.6. The lowest BCUT2D eigenvalue weighted by Crippen LogP contribution is -2.47. The van der Waals surface area contributed by atoms with Crippen LogP contribution < -0.4 is 0 Å². The first-order valence-electron chi connectivity index (χ1n) is 6.88. The molecule has 1 heterocycles. The number of carbonyl (C=O) groups is 1. The number of fused-ring (bicyclic) bond motifs is 3. The van der Waals surface area contributed by atoms with Crippen molar-refractivity contribution in [2.24, 2.45) is 11.8 Å². The molecule has 0 bridgehead atoms. The molecule has 110 valence electrons. The second-order valence-electron chi connectivity index (χ2n) is 6.47. The van der Waals surface area contributed by atoms with E-state index in [-0.39, 0.29) is 6.42 Å². The Morgan fingerprint density at radius 1 is 1.45 bits per heavy atom. The van der Waals surface area contributed by atoms with E-state index in [2.05, 4.69) is 6.58 Å². The third kappa shape index (κ3) is 1.51. The Bertz CT molecular complexity index is 520. The third-order valence-corrected chi connectivity index (χ3v) is 5.21. The van der Waals surface area contributed by atoms with Crippen LogP contribution in [0.15, 0.2) is 23.8 Å². The largest absolute Gasteiger partial charge is 0.459 e. The summed E-state index contributed by atoms with van der Waals surface area (Å²) in [5.41, 5.74) is -1.50. The molecule has 2 aliphatic carbocycles. The summed E-state index contributed by atoms with van der Waals surface area (Å²) in [6.07, 6.45) is 0.776. The van der Waals surface area contributed by atoms with Gasteiger partial charge in [0.1, 0.15) is 6.10 Å². The molecule has 3 N–H and O–H groups in total. The molecule has 1 saturated carbocycles. The number of hydrogen-bond acceptors (Lipinski definition) is 5. The third-order valence-electron chi connectivity index (χ3n) is 5.21. The lowest BCUT2D eigenvalue weighted by Gasteiger charge is -2.35. The molecular formula is C15H20O5. The quantitative estimate of drug-likeness (QED) is 0.439. The molecule has 0 aromatic heterocycles. The predicted molar refractivity (Wildman–Crippen MR) is 70.6 cm³/mol. The minimum absolute atomic E-state index is 0.155. The fraction of sp³-hybridized carbons (Fsp3) is 0.667. The first-order valence-corrected chi connectivity index (χ1v) is 6.88. The Morgan fingerprint density at radius 3 is 2.75 bits per heavy atom. The van der Waals surface area contributed by atoms with Gasteiger partial charge in [-0.05, 0) is 32.3 Å². The monoisotopic (exact) mass is 280 g/mol. The molecular weight excluding hydrogens is 260 g/mol. The van der Waals surface area contributed by atoms with Crippen LogP contribution in [0.1, 0.15) is 26.7 Å². The minimum atomic E-state index is -1.74. The fourth-order valence-electron chi connectivity index (χ4n) is 4.04. The maximum atomic E-state index is 11.9. The fourth-order valence-corrected chi connectivity index (χ4v) is 4.04.